The van der Waals surface area contributed by atoms with Gasteiger partial charge in [0, 0.05) is 13.1 Å². The number of piperidine rings is 1. The standard InChI is InChI=1S/C18H23NO7/c1-3-25-17(22)12-6-8-19(9-7-12)16(21)11-26-18(23)14-10-13(24-2)4-5-15(14)20/h4-5,10,12,20H,3,6-9,11H2,1-2H3. The first-order chi connectivity index (χ1) is 12.5. The van der Waals surface area contributed by atoms with E-state index in [2.05, 4.69) is 0 Å². The molecule has 1 aromatic carbocycles. The van der Waals surface area contributed by atoms with Crippen molar-refractivity contribution < 1.29 is 33.7 Å². The van der Waals surface area contributed by atoms with Crippen LogP contribution < -0.4 is 4.74 Å². The minimum Gasteiger partial charge on any atom is -0.507 e. The summed E-state index contributed by atoms with van der Waals surface area (Å²) in [6.45, 7) is 2.48. The number of esters is 2. The fourth-order valence-electron chi connectivity index (χ4n) is 2.73. The van der Waals surface area contributed by atoms with Gasteiger partial charge >= 0.3 is 11.9 Å². The highest BCUT2D eigenvalue weighted by molar-refractivity contribution is 5.94. The Labute approximate surface area is 151 Å². The molecule has 8 heteroatoms. The van der Waals surface area contributed by atoms with Gasteiger partial charge in [-0.2, -0.15) is 0 Å². The average molecular weight is 365 g/mol. The largest absolute Gasteiger partial charge is 0.507 e. The molecule has 0 bridgehead atoms. The Kier molecular flexibility index (Phi) is 6.82. The number of nitrogens with zero attached hydrogens (tertiary/aromatic N) is 1. The molecular weight excluding hydrogens is 342 g/mol. The third-order valence-corrected chi connectivity index (χ3v) is 4.22. The third kappa shape index (κ3) is 4.87. The third-order valence-electron chi connectivity index (χ3n) is 4.22. The molecule has 1 fully saturated rings. The second kappa shape index (κ2) is 9.07. The summed E-state index contributed by atoms with van der Waals surface area (Å²) in [5.74, 6) is -1.45. The summed E-state index contributed by atoms with van der Waals surface area (Å²) in [5, 5.41) is 9.74. The number of benzene rings is 1. The first kappa shape index (κ1) is 19.6. The highest BCUT2D eigenvalue weighted by Gasteiger charge is 2.28. The smallest absolute Gasteiger partial charge is 0.342 e. The fourth-order valence-corrected chi connectivity index (χ4v) is 2.73. The number of aromatic hydroxyl groups is 1. The number of phenolic OH excluding ortho intramolecular Hbond substituents is 1. The molecule has 0 saturated carbocycles. The monoisotopic (exact) mass is 365 g/mol. The second-order valence-electron chi connectivity index (χ2n) is 5.87. The highest BCUT2D eigenvalue weighted by Crippen LogP contribution is 2.24. The Hall–Kier alpha value is -2.77. The fraction of sp³-hybridized carbons (Fsp3) is 0.500. The van der Waals surface area contributed by atoms with Crippen molar-refractivity contribution in [2.24, 2.45) is 5.92 Å². The van der Waals surface area contributed by atoms with E-state index in [4.69, 9.17) is 14.2 Å². The number of rotatable bonds is 6. The van der Waals surface area contributed by atoms with E-state index in [0.717, 1.165) is 0 Å². The zero-order valence-electron chi connectivity index (χ0n) is 14.9. The topological polar surface area (TPSA) is 102 Å². The van der Waals surface area contributed by atoms with Gasteiger partial charge in [0.1, 0.15) is 17.1 Å². The molecule has 1 aliphatic rings. The van der Waals surface area contributed by atoms with E-state index < -0.39 is 12.6 Å². The van der Waals surface area contributed by atoms with Crippen LogP contribution in [0.25, 0.3) is 0 Å². The molecule has 0 radical (unpaired) electrons. The van der Waals surface area contributed by atoms with Gasteiger partial charge in [0.15, 0.2) is 6.61 Å². The highest BCUT2D eigenvalue weighted by atomic mass is 16.5. The number of hydrogen-bond acceptors (Lipinski definition) is 7. The molecule has 1 saturated heterocycles. The van der Waals surface area contributed by atoms with E-state index in [1.807, 2.05) is 0 Å². The van der Waals surface area contributed by atoms with Gasteiger partial charge in [-0.3, -0.25) is 9.59 Å². The van der Waals surface area contributed by atoms with Gasteiger partial charge in [-0.15, -0.1) is 0 Å². The number of hydrogen-bond donors (Lipinski definition) is 1. The summed E-state index contributed by atoms with van der Waals surface area (Å²) in [6.07, 6.45) is 1.05. The summed E-state index contributed by atoms with van der Waals surface area (Å²) in [6, 6.07) is 4.16. The summed E-state index contributed by atoms with van der Waals surface area (Å²) in [4.78, 5) is 37.5. The molecule has 1 aromatic rings. The summed E-state index contributed by atoms with van der Waals surface area (Å²) >= 11 is 0. The second-order valence-corrected chi connectivity index (χ2v) is 5.87. The molecule has 0 atom stereocenters. The van der Waals surface area contributed by atoms with Crippen molar-refractivity contribution in [1.82, 2.24) is 4.90 Å². The van der Waals surface area contributed by atoms with Crippen molar-refractivity contribution in [3.8, 4) is 11.5 Å². The number of amides is 1. The zero-order valence-corrected chi connectivity index (χ0v) is 14.9. The maximum absolute atomic E-state index is 12.2. The molecule has 0 spiro atoms. The summed E-state index contributed by atoms with van der Waals surface area (Å²) < 4.78 is 15.0. The number of methoxy groups -OCH3 is 1. The molecule has 26 heavy (non-hydrogen) atoms. The van der Waals surface area contributed by atoms with Gasteiger partial charge in [-0.05, 0) is 38.0 Å². The SMILES string of the molecule is CCOC(=O)C1CCN(C(=O)COC(=O)c2cc(OC)ccc2O)CC1. The lowest BCUT2D eigenvalue weighted by Crippen LogP contribution is -2.42. The van der Waals surface area contributed by atoms with E-state index in [9.17, 15) is 19.5 Å². The average Bonchev–Trinajstić information content (AvgIpc) is 2.66. The molecule has 0 aromatic heterocycles. The van der Waals surface area contributed by atoms with Crippen molar-refractivity contribution in [2.75, 3.05) is 33.4 Å². The minimum atomic E-state index is -0.809. The van der Waals surface area contributed by atoms with Crippen molar-refractivity contribution in [2.45, 2.75) is 19.8 Å². The summed E-state index contributed by atoms with van der Waals surface area (Å²) in [7, 11) is 1.44. The first-order valence-corrected chi connectivity index (χ1v) is 8.44. The van der Waals surface area contributed by atoms with Crippen LogP contribution in [0.2, 0.25) is 0 Å². The van der Waals surface area contributed by atoms with Crippen molar-refractivity contribution in [3.63, 3.8) is 0 Å². The van der Waals surface area contributed by atoms with E-state index in [1.54, 1.807) is 11.8 Å². The Morgan fingerprint density at radius 2 is 1.88 bits per heavy atom. The van der Waals surface area contributed by atoms with Crippen LogP contribution in [0.3, 0.4) is 0 Å². The Balaban J connectivity index is 1.84. The lowest BCUT2D eigenvalue weighted by Gasteiger charge is -2.30. The van der Waals surface area contributed by atoms with Crippen LogP contribution >= 0.6 is 0 Å². The Morgan fingerprint density at radius 1 is 1.19 bits per heavy atom. The lowest BCUT2D eigenvalue weighted by molar-refractivity contribution is -0.151. The Morgan fingerprint density at radius 3 is 2.50 bits per heavy atom. The molecule has 142 valence electrons. The van der Waals surface area contributed by atoms with Gasteiger partial charge in [0.05, 0.1) is 19.6 Å². The number of carbonyl (C=O) groups excluding carboxylic acids is 3. The summed E-state index contributed by atoms with van der Waals surface area (Å²) in [5.41, 5.74) is -0.0711. The zero-order chi connectivity index (χ0) is 19.1. The predicted octanol–water partition coefficient (Wildman–Crippen LogP) is 1.36. The van der Waals surface area contributed by atoms with E-state index in [-0.39, 0.29) is 29.1 Å². The molecule has 8 nitrogen and oxygen atoms in total. The van der Waals surface area contributed by atoms with E-state index in [1.165, 1.54) is 25.3 Å². The first-order valence-electron chi connectivity index (χ1n) is 8.44. The van der Waals surface area contributed by atoms with Gasteiger partial charge in [0.2, 0.25) is 0 Å². The minimum absolute atomic E-state index is 0.0711. The number of ether oxygens (including phenoxy) is 3. The van der Waals surface area contributed by atoms with Crippen molar-refractivity contribution >= 4 is 17.8 Å². The van der Waals surface area contributed by atoms with Crippen LogP contribution in [0, 0.1) is 5.92 Å². The molecule has 0 aliphatic carbocycles. The van der Waals surface area contributed by atoms with E-state index in [0.29, 0.717) is 38.3 Å². The molecule has 1 heterocycles. The number of likely N-dealkylation sites (tertiary alicyclic amines) is 1. The van der Waals surface area contributed by atoms with Crippen LogP contribution in [-0.4, -0.2) is 61.3 Å². The molecule has 1 aliphatic heterocycles. The van der Waals surface area contributed by atoms with Crippen LogP contribution in [-0.2, 0) is 19.1 Å². The van der Waals surface area contributed by atoms with Crippen molar-refractivity contribution in [3.05, 3.63) is 23.8 Å². The normalized spacial score (nSPS) is 14.6. The lowest BCUT2D eigenvalue weighted by atomic mass is 9.97. The van der Waals surface area contributed by atoms with Gasteiger partial charge < -0.3 is 24.2 Å². The number of phenols is 1. The van der Waals surface area contributed by atoms with Gasteiger partial charge in [-0.1, -0.05) is 0 Å². The van der Waals surface area contributed by atoms with Crippen LogP contribution in [0.4, 0.5) is 0 Å². The van der Waals surface area contributed by atoms with Gasteiger partial charge in [0.25, 0.3) is 5.91 Å². The van der Waals surface area contributed by atoms with Crippen LogP contribution in [0.1, 0.15) is 30.1 Å². The van der Waals surface area contributed by atoms with Gasteiger partial charge in [-0.25, -0.2) is 4.79 Å². The maximum Gasteiger partial charge on any atom is 0.342 e. The predicted molar refractivity (Wildman–Crippen MR) is 90.9 cm³/mol. The maximum atomic E-state index is 12.2. The van der Waals surface area contributed by atoms with Crippen LogP contribution in [0.5, 0.6) is 11.5 Å². The van der Waals surface area contributed by atoms with Crippen LogP contribution in [0.15, 0.2) is 18.2 Å². The molecule has 0 unspecified atom stereocenters. The van der Waals surface area contributed by atoms with E-state index >= 15 is 0 Å². The molecule has 1 N–H and O–H groups in total. The molecule has 1 amide bonds. The molecular formula is C18H23NO7. The van der Waals surface area contributed by atoms with Crippen molar-refractivity contribution in [1.29, 1.82) is 0 Å². The molecule has 2 rings (SSSR count). The quantitative estimate of drug-likeness (QED) is 0.759. The number of carbonyl (C=O) groups is 3. The Bertz CT molecular complexity index is 666.